The summed E-state index contributed by atoms with van der Waals surface area (Å²) < 4.78 is 7.05. The Morgan fingerprint density at radius 3 is 3.05 bits per heavy atom. The van der Waals surface area contributed by atoms with Gasteiger partial charge in [0.2, 0.25) is 0 Å². The maximum absolute atomic E-state index is 5.22. The Balaban J connectivity index is 1.80. The van der Waals surface area contributed by atoms with E-state index in [1.54, 1.807) is 7.11 Å². The van der Waals surface area contributed by atoms with Crippen LogP contribution in [0.25, 0.3) is 5.65 Å². The molecule has 0 bridgehead atoms. The van der Waals surface area contributed by atoms with Crippen LogP contribution >= 0.6 is 0 Å². The lowest BCUT2D eigenvalue weighted by Crippen LogP contribution is -2.36. The Morgan fingerprint density at radius 1 is 1.45 bits per heavy atom. The zero-order chi connectivity index (χ0) is 14.1. The van der Waals surface area contributed by atoms with E-state index in [0.29, 0.717) is 12.1 Å². The summed E-state index contributed by atoms with van der Waals surface area (Å²) in [6, 6.07) is 5.00. The number of methoxy groups -OCH3 is 1. The number of ether oxygens (including phenoxy) is 1. The summed E-state index contributed by atoms with van der Waals surface area (Å²) >= 11 is 0. The van der Waals surface area contributed by atoms with Gasteiger partial charge in [0.15, 0.2) is 11.5 Å². The normalized spacial score (nSPS) is 20.1. The van der Waals surface area contributed by atoms with Crippen LogP contribution in [0.2, 0.25) is 0 Å². The van der Waals surface area contributed by atoms with Crippen LogP contribution in [0.1, 0.15) is 32.5 Å². The lowest BCUT2D eigenvalue weighted by atomic mass is 10.1. The van der Waals surface area contributed by atoms with Crippen LogP contribution in [-0.2, 0) is 6.42 Å². The number of pyridine rings is 1. The van der Waals surface area contributed by atoms with Crippen molar-refractivity contribution in [1.82, 2.24) is 19.5 Å². The third kappa shape index (κ3) is 2.50. The van der Waals surface area contributed by atoms with Gasteiger partial charge in [-0.15, -0.1) is 0 Å². The van der Waals surface area contributed by atoms with Gasteiger partial charge in [0, 0.05) is 30.8 Å². The molecule has 20 heavy (non-hydrogen) atoms. The van der Waals surface area contributed by atoms with Crippen LogP contribution < -0.4 is 4.74 Å². The van der Waals surface area contributed by atoms with E-state index in [1.165, 1.54) is 19.4 Å². The van der Waals surface area contributed by atoms with Crippen molar-refractivity contribution in [3.63, 3.8) is 0 Å². The monoisotopic (exact) mass is 274 g/mol. The van der Waals surface area contributed by atoms with Crippen LogP contribution in [0.4, 0.5) is 0 Å². The highest BCUT2D eigenvalue weighted by atomic mass is 16.5. The van der Waals surface area contributed by atoms with Crippen molar-refractivity contribution in [2.45, 2.75) is 45.2 Å². The van der Waals surface area contributed by atoms with E-state index in [0.717, 1.165) is 23.6 Å². The van der Waals surface area contributed by atoms with Crippen molar-refractivity contribution < 1.29 is 4.74 Å². The first-order valence-corrected chi connectivity index (χ1v) is 7.32. The van der Waals surface area contributed by atoms with Gasteiger partial charge in [-0.2, -0.15) is 5.10 Å². The van der Waals surface area contributed by atoms with Crippen molar-refractivity contribution in [3.8, 4) is 5.75 Å². The predicted molar refractivity (Wildman–Crippen MR) is 78.1 cm³/mol. The predicted octanol–water partition coefficient (Wildman–Crippen LogP) is 2.15. The van der Waals surface area contributed by atoms with E-state index in [4.69, 9.17) is 4.74 Å². The van der Waals surface area contributed by atoms with Crippen LogP contribution in [0, 0.1) is 0 Å². The maximum Gasteiger partial charge on any atom is 0.159 e. The molecule has 108 valence electrons. The molecular formula is C15H22N4O. The van der Waals surface area contributed by atoms with Gasteiger partial charge < -0.3 is 4.74 Å². The molecule has 2 aromatic heterocycles. The Hall–Kier alpha value is -1.62. The van der Waals surface area contributed by atoms with Crippen LogP contribution in [0.5, 0.6) is 5.75 Å². The second-order valence-electron chi connectivity index (χ2n) is 5.73. The summed E-state index contributed by atoms with van der Waals surface area (Å²) in [4.78, 5) is 7.19. The van der Waals surface area contributed by atoms with Crippen molar-refractivity contribution in [1.29, 1.82) is 0 Å². The first-order valence-electron chi connectivity index (χ1n) is 7.32. The van der Waals surface area contributed by atoms with Crippen molar-refractivity contribution >= 4 is 5.65 Å². The van der Waals surface area contributed by atoms with Gasteiger partial charge in [0.25, 0.3) is 0 Å². The number of fused-ring (bicyclic) bond motifs is 1. The molecule has 1 unspecified atom stereocenters. The number of aromatic nitrogens is 3. The van der Waals surface area contributed by atoms with E-state index >= 15 is 0 Å². The third-order valence-electron chi connectivity index (χ3n) is 4.09. The summed E-state index contributed by atoms with van der Waals surface area (Å²) in [7, 11) is 1.67. The highest BCUT2D eigenvalue weighted by molar-refractivity contribution is 5.43. The summed E-state index contributed by atoms with van der Waals surface area (Å²) in [6.07, 6.45) is 5.36. The number of nitrogens with zero attached hydrogens (tertiary/aromatic N) is 4. The number of hydrogen-bond acceptors (Lipinski definition) is 4. The topological polar surface area (TPSA) is 42.7 Å². The molecule has 0 N–H and O–H groups in total. The second-order valence-corrected chi connectivity index (χ2v) is 5.73. The van der Waals surface area contributed by atoms with Gasteiger partial charge in [-0.3, -0.25) is 4.90 Å². The second kappa shape index (κ2) is 5.40. The minimum Gasteiger partial charge on any atom is -0.497 e. The summed E-state index contributed by atoms with van der Waals surface area (Å²) in [5.41, 5.74) is 0.855. The van der Waals surface area contributed by atoms with Gasteiger partial charge in [-0.1, -0.05) is 0 Å². The fourth-order valence-electron chi connectivity index (χ4n) is 3.09. The smallest absolute Gasteiger partial charge is 0.159 e. The Kier molecular flexibility index (Phi) is 3.61. The fraction of sp³-hybridized carbons (Fsp3) is 0.600. The fourth-order valence-corrected chi connectivity index (χ4v) is 3.09. The van der Waals surface area contributed by atoms with Crippen molar-refractivity contribution in [3.05, 3.63) is 24.2 Å². The zero-order valence-corrected chi connectivity index (χ0v) is 12.4. The Bertz CT molecular complexity index is 593. The first kappa shape index (κ1) is 13.4. The van der Waals surface area contributed by atoms with E-state index in [-0.39, 0.29) is 0 Å². The SMILES string of the molecule is COc1ccn2nc(CC3CCCN3C(C)C)nc2c1. The molecule has 0 amide bonds. The van der Waals surface area contributed by atoms with Crippen LogP contribution in [0.15, 0.2) is 18.3 Å². The van der Waals surface area contributed by atoms with Gasteiger partial charge in [-0.25, -0.2) is 9.50 Å². The molecule has 3 heterocycles. The zero-order valence-electron chi connectivity index (χ0n) is 12.4. The molecule has 0 saturated carbocycles. The summed E-state index contributed by atoms with van der Waals surface area (Å²) in [5, 5.41) is 4.57. The number of hydrogen-bond donors (Lipinski definition) is 0. The highest BCUT2D eigenvalue weighted by Gasteiger charge is 2.27. The van der Waals surface area contributed by atoms with Crippen molar-refractivity contribution in [2.24, 2.45) is 0 Å². The van der Waals surface area contributed by atoms with E-state index in [2.05, 4.69) is 28.8 Å². The molecular weight excluding hydrogens is 252 g/mol. The highest BCUT2D eigenvalue weighted by Crippen LogP contribution is 2.23. The van der Waals surface area contributed by atoms with Gasteiger partial charge in [0.1, 0.15) is 5.75 Å². The van der Waals surface area contributed by atoms with Crippen molar-refractivity contribution in [2.75, 3.05) is 13.7 Å². The standard InChI is InChI=1S/C15H22N4O/c1-11(2)18-7-4-5-12(18)9-14-16-15-10-13(20-3)6-8-19(15)17-14/h6,8,10-12H,4-5,7,9H2,1-3H3. The third-order valence-corrected chi connectivity index (χ3v) is 4.09. The molecule has 1 atom stereocenters. The Labute approximate surface area is 119 Å². The molecule has 1 fully saturated rings. The molecule has 0 aromatic carbocycles. The van der Waals surface area contributed by atoms with E-state index in [9.17, 15) is 0 Å². The van der Waals surface area contributed by atoms with E-state index in [1.807, 2.05) is 22.8 Å². The largest absolute Gasteiger partial charge is 0.497 e. The minimum absolute atomic E-state index is 0.578. The van der Waals surface area contributed by atoms with E-state index < -0.39 is 0 Å². The molecule has 1 aliphatic heterocycles. The summed E-state index contributed by atoms with van der Waals surface area (Å²) in [5.74, 6) is 1.75. The molecule has 0 spiro atoms. The maximum atomic E-state index is 5.22. The number of likely N-dealkylation sites (tertiary alicyclic amines) is 1. The molecule has 2 aromatic rings. The molecule has 3 rings (SSSR count). The quantitative estimate of drug-likeness (QED) is 0.857. The van der Waals surface area contributed by atoms with Crippen LogP contribution in [0.3, 0.4) is 0 Å². The minimum atomic E-state index is 0.578. The Morgan fingerprint density at radius 2 is 2.30 bits per heavy atom. The summed E-state index contributed by atoms with van der Waals surface area (Å²) in [6.45, 7) is 5.73. The van der Waals surface area contributed by atoms with Gasteiger partial charge >= 0.3 is 0 Å². The van der Waals surface area contributed by atoms with Crippen LogP contribution in [-0.4, -0.2) is 45.2 Å². The molecule has 5 heteroatoms. The average molecular weight is 274 g/mol. The molecule has 0 radical (unpaired) electrons. The lowest BCUT2D eigenvalue weighted by molar-refractivity contribution is 0.201. The van der Waals surface area contributed by atoms with Gasteiger partial charge in [-0.05, 0) is 39.3 Å². The lowest BCUT2D eigenvalue weighted by Gasteiger charge is -2.27. The first-order chi connectivity index (χ1) is 9.67. The average Bonchev–Trinajstić information content (AvgIpc) is 3.03. The number of rotatable bonds is 4. The molecule has 0 aliphatic carbocycles. The molecule has 1 saturated heterocycles. The molecule has 5 nitrogen and oxygen atoms in total. The van der Waals surface area contributed by atoms with Gasteiger partial charge in [0.05, 0.1) is 7.11 Å². The molecule has 1 aliphatic rings.